The summed E-state index contributed by atoms with van der Waals surface area (Å²) in [6.07, 6.45) is 6.66. The average molecular weight is 225 g/mol. The summed E-state index contributed by atoms with van der Waals surface area (Å²) >= 11 is 0. The van der Waals surface area contributed by atoms with E-state index >= 15 is 0 Å². The first-order chi connectivity index (χ1) is 7.67. The lowest BCUT2D eigenvalue weighted by Crippen LogP contribution is -2.23. The van der Waals surface area contributed by atoms with Gasteiger partial charge in [0.25, 0.3) is 0 Å². The highest BCUT2D eigenvalue weighted by molar-refractivity contribution is 4.95. The Balaban J connectivity index is 2.50. The number of hydrogen-bond donors (Lipinski definition) is 1. The molecule has 1 rings (SSSR count). The van der Waals surface area contributed by atoms with Crippen LogP contribution in [0.4, 0.5) is 0 Å². The first-order valence-corrected chi connectivity index (χ1v) is 6.20. The van der Waals surface area contributed by atoms with Crippen LogP contribution in [0.25, 0.3) is 0 Å². The SMILES string of the molecule is CCCC(CCC)C(O)Cc1cn(C)nn1. The molecule has 92 valence electrons. The van der Waals surface area contributed by atoms with Gasteiger partial charge in [-0.15, -0.1) is 5.10 Å². The van der Waals surface area contributed by atoms with Gasteiger partial charge in [0, 0.05) is 19.7 Å². The molecule has 0 amide bonds. The Hall–Kier alpha value is -0.900. The molecule has 0 aliphatic carbocycles. The summed E-state index contributed by atoms with van der Waals surface area (Å²) in [6.45, 7) is 4.33. The van der Waals surface area contributed by atoms with Gasteiger partial charge < -0.3 is 5.11 Å². The lowest BCUT2D eigenvalue weighted by atomic mass is 9.90. The molecule has 1 aromatic rings. The molecule has 0 saturated carbocycles. The fourth-order valence-electron chi connectivity index (χ4n) is 2.14. The van der Waals surface area contributed by atoms with Gasteiger partial charge in [-0.2, -0.15) is 0 Å². The summed E-state index contributed by atoms with van der Waals surface area (Å²) in [6, 6.07) is 0. The fourth-order valence-corrected chi connectivity index (χ4v) is 2.14. The molecule has 0 aromatic carbocycles. The quantitative estimate of drug-likeness (QED) is 0.771. The Bertz CT molecular complexity index is 292. The molecule has 4 heteroatoms. The van der Waals surface area contributed by atoms with Crippen molar-refractivity contribution < 1.29 is 5.11 Å². The van der Waals surface area contributed by atoms with Crippen molar-refractivity contribution in [2.75, 3.05) is 0 Å². The summed E-state index contributed by atoms with van der Waals surface area (Å²) < 4.78 is 1.68. The molecule has 1 atom stereocenters. The van der Waals surface area contributed by atoms with Gasteiger partial charge in [-0.25, -0.2) is 0 Å². The van der Waals surface area contributed by atoms with Crippen LogP contribution in [-0.4, -0.2) is 26.2 Å². The minimum Gasteiger partial charge on any atom is -0.392 e. The topological polar surface area (TPSA) is 50.9 Å². The van der Waals surface area contributed by atoms with Crippen LogP contribution in [0.2, 0.25) is 0 Å². The van der Waals surface area contributed by atoms with Crippen molar-refractivity contribution in [1.82, 2.24) is 15.0 Å². The van der Waals surface area contributed by atoms with Crippen molar-refractivity contribution >= 4 is 0 Å². The smallest absolute Gasteiger partial charge is 0.0852 e. The summed E-state index contributed by atoms with van der Waals surface area (Å²) in [5.74, 6) is 0.400. The van der Waals surface area contributed by atoms with Crippen LogP contribution in [0, 0.1) is 5.92 Å². The molecule has 1 aromatic heterocycles. The van der Waals surface area contributed by atoms with E-state index in [1.807, 2.05) is 13.2 Å². The maximum atomic E-state index is 10.2. The van der Waals surface area contributed by atoms with E-state index < -0.39 is 0 Å². The lowest BCUT2D eigenvalue weighted by Gasteiger charge is -2.21. The number of aromatic nitrogens is 3. The van der Waals surface area contributed by atoms with Crippen LogP contribution in [0.5, 0.6) is 0 Å². The molecule has 1 N–H and O–H groups in total. The number of hydrogen-bond acceptors (Lipinski definition) is 3. The van der Waals surface area contributed by atoms with Crippen LogP contribution >= 0.6 is 0 Å². The Morgan fingerprint density at radius 1 is 1.31 bits per heavy atom. The number of nitrogens with zero attached hydrogens (tertiary/aromatic N) is 3. The van der Waals surface area contributed by atoms with Gasteiger partial charge >= 0.3 is 0 Å². The summed E-state index contributed by atoms with van der Waals surface area (Å²) in [5, 5.41) is 18.0. The van der Waals surface area contributed by atoms with E-state index in [-0.39, 0.29) is 6.10 Å². The number of aryl methyl sites for hydroxylation is 1. The van der Waals surface area contributed by atoms with E-state index in [2.05, 4.69) is 24.2 Å². The Morgan fingerprint density at radius 2 is 1.94 bits per heavy atom. The van der Waals surface area contributed by atoms with Gasteiger partial charge in [-0.1, -0.05) is 31.9 Å². The van der Waals surface area contributed by atoms with Crippen LogP contribution in [0.15, 0.2) is 6.20 Å². The number of aliphatic hydroxyl groups is 1. The monoisotopic (exact) mass is 225 g/mol. The van der Waals surface area contributed by atoms with Crippen molar-refractivity contribution in [3.8, 4) is 0 Å². The molecule has 0 radical (unpaired) electrons. The van der Waals surface area contributed by atoms with Crippen molar-refractivity contribution in [1.29, 1.82) is 0 Å². The van der Waals surface area contributed by atoms with Crippen molar-refractivity contribution in [2.24, 2.45) is 13.0 Å². The first kappa shape index (κ1) is 13.2. The van der Waals surface area contributed by atoms with E-state index in [1.54, 1.807) is 4.68 Å². The Labute approximate surface area is 97.7 Å². The number of aliphatic hydroxyl groups excluding tert-OH is 1. The second kappa shape index (κ2) is 6.63. The van der Waals surface area contributed by atoms with Gasteiger partial charge in [0.05, 0.1) is 11.8 Å². The molecule has 1 heterocycles. The lowest BCUT2D eigenvalue weighted by molar-refractivity contribution is 0.0954. The molecular weight excluding hydrogens is 202 g/mol. The average Bonchev–Trinajstić information content (AvgIpc) is 2.63. The highest BCUT2D eigenvalue weighted by Crippen LogP contribution is 2.20. The normalized spacial score (nSPS) is 13.3. The van der Waals surface area contributed by atoms with Gasteiger partial charge in [0.1, 0.15) is 0 Å². The van der Waals surface area contributed by atoms with E-state index in [9.17, 15) is 5.11 Å². The van der Waals surface area contributed by atoms with E-state index in [0.717, 1.165) is 31.4 Å². The largest absolute Gasteiger partial charge is 0.392 e. The van der Waals surface area contributed by atoms with Crippen LogP contribution < -0.4 is 0 Å². The fraction of sp³-hybridized carbons (Fsp3) is 0.833. The highest BCUT2D eigenvalue weighted by Gasteiger charge is 2.19. The third-order valence-corrected chi connectivity index (χ3v) is 2.93. The molecular formula is C12H23N3O. The standard InChI is InChI=1S/C12H23N3O/c1-4-6-10(7-5-2)12(16)8-11-9-15(3)14-13-11/h9-10,12,16H,4-8H2,1-3H3. The molecule has 1 unspecified atom stereocenters. The minimum absolute atomic E-state index is 0.281. The predicted octanol–water partition coefficient (Wildman–Crippen LogP) is 1.93. The van der Waals surface area contributed by atoms with Crippen LogP contribution in [0.1, 0.15) is 45.2 Å². The van der Waals surface area contributed by atoms with Crippen molar-refractivity contribution in [2.45, 2.75) is 52.1 Å². The minimum atomic E-state index is -0.281. The predicted molar refractivity (Wildman–Crippen MR) is 64.0 cm³/mol. The molecule has 4 nitrogen and oxygen atoms in total. The molecule has 0 aliphatic rings. The van der Waals surface area contributed by atoms with Gasteiger partial charge in [-0.3, -0.25) is 4.68 Å². The van der Waals surface area contributed by atoms with E-state index in [4.69, 9.17) is 0 Å². The van der Waals surface area contributed by atoms with Gasteiger partial charge in [0.2, 0.25) is 0 Å². The summed E-state index contributed by atoms with van der Waals surface area (Å²) in [5.41, 5.74) is 0.882. The molecule has 0 saturated heterocycles. The van der Waals surface area contributed by atoms with Crippen molar-refractivity contribution in [3.05, 3.63) is 11.9 Å². The van der Waals surface area contributed by atoms with E-state index in [0.29, 0.717) is 12.3 Å². The van der Waals surface area contributed by atoms with Gasteiger partial charge in [-0.05, 0) is 18.8 Å². The second-order valence-corrected chi connectivity index (χ2v) is 4.49. The molecule has 0 aliphatic heterocycles. The number of rotatable bonds is 7. The Morgan fingerprint density at radius 3 is 2.38 bits per heavy atom. The van der Waals surface area contributed by atoms with Crippen molar-refractivity contribution in [3.63, 3.8) is 0 Å². The summed E-state index contributed by atoms with van der Waals surface area (Å²) in [7, 11) is 1.85. The highest BCUT2D eigenvalue weighted by atomic mass is 16.3. The molecule has 0 bridgehead atoms. The zero-order chi connectivity index (χ0) is 12.0. The molecule has 0 fully saturated rings. The Kier molecular flexibility index (Phi) is 5.46. The molecule has 0 spiro atoms. The summed E-state index contributed by atoms with van der Waals surface area (Å²) in [4.78, 5) is 0. The second-order valence-electron chi connectivity index (χ2n) is 4.49. The van der Waals surface area contributed by atoms with Gasteiger partial charge in [0.15, 0.2) is 0 Å². The zero-order valence-corrected chi connectivity index (χ0v) is 10.6. The maximum absolute atomic E-state index is 10.2. The third kappa shape index (κ3) is 3.93. The maximum Gasteiger partial charge on any atom is 0.0852 e. The zero-order valence-electron chi connectivity index (χ0n) is 10.6. The third-order valence-electron chi connectivity index (χ3n) is 2.93. The van der Waals surface area contributed by atoms with E-state index in [1.165, 1.54) is 0 Å². The van der Waals surface area contributed by atoms with Crippen LogP contribution in [0.3, 0.4) is 0 Å². The van der Waals surface area contributed by atoms with Crippen LogP contribution in [-0.2, 0) is 13.5 Å². The first-order valence-electron chi connectivity index (χ1n) is 6.20. The molecule has 16 heavy (non-hydrogen) atoms.